The van der Waals surface area contributed by atoms with E-state index in [-0.39, 0.29) is 17.9 Å². The number of carbonyl (C=O) groups is 1. The van der Waals surface area contributed by atoms with Gasteiger partial charge in [-0.15, -0.1) is 0 Å². The summed E-state index contributed by atoms with van der Waals surface area (Å²) in [4.78, 5) is 11.4. The Kier molecular flexibility index (Phi) is 5.00. The van der Waals surface area contributed by atoms with Gasteiger partial charge in [0.05, 0.1) is 13.0 Å². The molecule has 0 aliphatic rings. The number of halogens is 1. The molecule has 0 radical (unpaired) electrons. The van der Waals surface area contributed by atoms with Gasteiger partial charge in [0.2, 0.25) is 0 Å². The van der Waals surface area contributed by atoms with Crippen LogP contribution in [0.5, 0.6) is 0 Å². The van der Waals surface area contributed by atoms with Crippen molar-refractivity contribution in [1.82, 2.24) is 0 Å². The van der Waals surface area contributed by atoms with E-state index >= 15 is 0 Å². The summed E-state index contributed by atoms with van der Waals surface area (Å²) in [6.07, 6.45) is 0. The fourth-order valence-electron chi connectivity index (χ4n) is 1.60. The third-order valence-corrected chi connectivity index (χ3v) is 3.22. The molecule has 2 atom stereocenters. The molecule has 0 aliphatic heterocycles. The van der Waals surface area contributed by atoms with Gasteiger partial charge in [0.25, 0.3) is 0 Å². The zero-order chi connectivity index (χ0) is 13.0. The van der Waals surface area contributed by atoms with Crippen LogP contribution in [-0.4, -0.2) is 19.1 Å². The molecule has 0 bridgehead atoms. The average Bonchev–Trinajstić information content (AvgIpc) is 2.25. The van der Waals surface area contributed by atoms with Crippen LogP contribution in [0.1, 0.15) is 19.4 Å². The van der Waals surface area contributed by atoms with Crippen molar-refractivity contribution in [3.05, 3.63) is 28.2 Å². The Morgan fingerprint density at radius 2 is 2.00 bits per heavy atom. The standard InChI is InChI=1S/C13H18BrNO2/c1-8-5-11(14)7-12(6-8)15-10(3)9(2)13(16)17-4/h5-7,9-10,15H,1-4H3. The first-order valence-corrected chi connectivity index (χ1v) is 6.35. The van der Waals surface area contributed by atoms with Gasteiger partial charge in [0.1, 0.15) is 0 Å². The number of carbonyl (C=O) groups excluding carboxylic acids is 1. The van der Waals surface area contributed by atoms with Crippen LogP contribution in [0.3, 0.4) is 0 Å². The van der Waals surface area contributed by atoms with Crippen LogP contribution >= 0.6 is 15.9 Å². The van der Waals surface area contributed by atoms with Crippen LogP contribution in [0.4, 0.5) is 5.69 Å². The third-order valence-electron chi connectivity index (χ3n) is 2.76. The maximum absolute atomic E-state index is 11.4. The van der Waals surface area contributed by atoms with Crippen molar-refractivity contribution in [3.8, 4) is 0 Å². The lowest BCUT2D eigenvalue weighted by Crippen LogP contribution is -2.30. The number of ether oxygens (including phenoxy) is 1. The Morgan fingerprint density at radius 3 is 2.53 bits per heavy atom. The number of esters is 1. The van der Waals surface area contributed by atoms with Crippen molar-refractivity contribution in [3.63, 3.8) is 0 Å². The average molecular weight is 300 g/mol. The number of nitrogens with one attached hydrogen (secondary N) is 1. The highest BCUT2D eigenvalue weighted by atomic mass is 79.9. The largest absolute Gasteiger partial charge is 0.469 e. The summed E-state index contributed by atoms with van der Waals surface area (Å²) in [7, 11) is 1.41. The first-order chi connectivity index (χ1) is 7.93. The van der Waals surface area contributed by atoms with Crippen LogP contribution in [0.2, 0.25) is 0 Å². The Bertz CT molecular complexity index is 386. The van der Waals surface area contributed by atoms with E-state index in [9.17, 15) is 4.79 Å². The number of hydrogen-bond donors (Lipinski definition) is 1. The topological polar surface area (TPSA) is 38.3 Å². The van der Waals surface area contributed by atoms with Crippen LogP contribution in [0.25, 0.3) is 0 Å². The van der Waals surface area contributed by atoms with E-state index in [1.807, 2.05) is 39.0 Å². The number of anilines is 1. The highest BCUT2D eigenvalue weighted by Gasteiger charge is 2.20. The maximum Gasteiger partial charge on any atom is 0.310 e. The molecule has 3 nitrogen and oxygen atoms in total. The van der Waals surface area contributed by atoms with Crippen molar-refractivity contribution >= 4 is 27.6 Å². The van der Waals surface area contributed by atoms with Gasteiger partial charge in [0.15, 0.2) is 0 Å². The summed E-state index contributed by atoms with van der Waals surface area (Å²) >= 11 is 3.45. The van der Waals surface area contributed by atoms with Crippen LogP contribution in [0, 0.1) is 12.8 Å². The molecule has 1 aromatic rings. The predicted molar refractivity (Wildman–Crippen MR) is 73.1 cm³/mol. The Balaban J connectivity index is 2.73. The second-order valence-electron chi connectivity index (χ2n) is 4.26. The number of aryl methyl sites for hydroxylation is 1. The molecule has 0 saturated carbocycles. The van der Waals surface area contributed by atoms with Gasteiger partial charge in [-0.25, -0.2) is 0 Å². The molecular weight excluding hydrogens is 282 g/mol. The quantitative estimate of drug-likeness (QED) is 0.866. The third kappa shape index (κ3) is 4.04. The predicted octanol–water partition coefficient (Wildman–Crippen LogP) is 3.37. The van der Waals surface area contributed by atoms with Crippen molar-refractivity contribution < 1.29 is 9.53 Å². The first-order valence-electron chi connectivity index (χ1n) is 5.55. The molecule has 17 heavy (non-hydrogen) atoms. The molecule has 0 saturated heterocycles. The molecule has 0 amide bonds. The first kappa shape index (κ1) is 14.0. The van der Waals surface area contributed by atoms with E-state index in [1.54, 1.807) is 0 Å². The summed E-state index contributed by atoms with van der Waals surface area (Å²) in [5.41, 5.74) is 2.17. The molecule has 94 valence electrons. The SMILES string of the molecule is COC(=O)C(C)C(C)Nc1cc(C)cc(Br)c1. The summed E-state index contributed by atoms with van der Waals surface area (Å²) < 4.78 is 5.76. The van der Waals surface area contributed by atoms with Gasteiger partial charge in [-0.1, -0.05) is 15.9 Å². The highest BCUT2D eigenvalue weighted by molar-refractivity contribution is 9.10. The molecule has 0 spiro atoms. The van der Waals surface area contributed by atoms with E-state index in [2.05, 4.69) is 21.2 Å². The lowest BCUT2D eigenvalue weighted by Gasteiger charge is -2.20. The lowest BCUT2D eigenvalue weighted by atomic mass is 10.0. The zero-order valence-electron chi connectivity index (χ0n) is 10.6. The van der Waals surface area contributed by atoms with E-state index in [0.717, 1.165) is 10.2 Å². The Hall–Kier alpha value is -1.03. The summed E-state index contributed by atoms with van der Waals surface area (Å²) in [6.45, 7) is 5.86. The second-order valence-corrected chi connectivity index (χ2v) is 5.18. The minimum absolute atomic E-state index is 0.0242. The number of rotatable bonds is 4. The Labute approximate surface area is 111 Å². The molecule has 4 heteroatoms. The molecular formula is C13H18BrNO2. The lowest BCUT2D eigenvalue weighted by molar-refractivity contribution is -0.145. The van der Waals surface area contributed by atoms with Gasteiger partial charge in [-0.3, -0.25) is 4.79 Å². The van der Waals surface area contributed by atoms with Crippen molar-refractivity contribution in [1.29, 1.82) is 0 Å². The molecule has 2 unspecified atom stereocenters. The fourth-order valence-corrected chi connectivity index (χ4v) is 2.21. The van der Waals surface area contributed by atoms with Gasteiger partial charge in [-0.05, 0) is 44.5 Å². The summed E-state index contributed by atoms with van der Waals surface area (Å²) in [5.74, 6) is -0.379. The number of methoxy groups -OCH3 is 1. The van der Waals surface area contributed by atoms with E-state index < -0.39 is 0 Å². The number of hydrogen-bond acceptors (Lipinski definition) is 3. The Morgan fingerprint density at radius 1 is 1.35 bits per heavy atom. The van der Waals surface area contributed by atoms with E-state index in [1.165, 1.54) is 12.7 Å². The molecule has 1 aromatic carbocycles. The highest BCUT2D eigenvalue weighted by Crippen LogP contribution is 2.21. The van der Waals surface area contributed by atoms with Gasteiger partial charge >= 0.3 is 5.97 Å². The van der Waals surface area contributed by atoms with Crippen LogP contribution in [0.15, 0.2) is 22.7 Å². The molecule has 0 aliphatic carbocycles. The molecule has 0 aromatic heterocycles. The second kappa shape index (κ2) is 6.05. The van der Waals surface area contributed by atoms with Crippen LogP contribution in [-0.2, 0) is 9.53 Å². The maximum atomic E-state index is 11.4. The minimum atomic E-state index is -0.197. The van der Waals surface area contributed by atoms with E-state index in [0.29, 0.717) is 0 Å². The van der Waals surface area contributed by atoms with Gasteiger partial charge in [-0.2, -0.15) is 0 Å². The van der Waals surface area contributed by atoms with Crippen molar-refractivity contribution in [2.75, 3.05) is 12.4 Å². The molecule has 1 rings (SSSR count). The normalized spacial score (nSPS) is 13.9. The molecule has 0 fully saturated rings. The van der Waals surface area contributed by atoms with Crippen molar-refractivity contribution in [2.45, 2.75) is 26.8 Å². The summed E-state index contributed by atoms with van der Waals surface area (Å²) in [5, 5.41) is 3.31. The van der Waals surface area contributed by atoms with Gasteiger partial charge in [0, 0.05) is 16.2 Å². The molecule has 1 N–H and O–H groups in total. The summed E-state index contributed by atoms with van der Waals surface area (Å²) in [6, 6.07) is 6.11. The monoisotopic (exact) mass is 299 g/mol. The van der Waals surface area contributed by atoms with Crippen molar-refractivity contribution in [2.24, 2.45) is 5.92 Å². The smallest absolute Gasteiger partial charge is 0.310 e. The van der Waals surface area contributed by atoms with E-state index in [4.69, 9.17) is 4.74 Å². The van der Waals surface area contributed by atoms with Crippen LogP contribution < -0.4 is 5.32 Å². The fraction of sp³-hybridized carbons (Fsp3) is 0.462. The zero-order valence-corrected chi connectivity index (χ0v) is 12.2. The minimum Gasteiger partial charge on any atom is -0.469 e. The molecule has 0 heterocycles. The number of benzene rings is 1. The van der Waals surface area contributed by atoms with Gasteiger partial charge < -0.3 is 10.1 Å².